The van der Waals surface area contributed by atoms with Crippen LogP contribution >= 0.6 is 11.3 Å². The SMILES string of the molecule is C=C(O)c1c(-c2ccc(Cc3ccccc3)cc2CN)sc2c1CC(C)(C)CC2. The fraction of sp³-hybridized carbons (Fsp3) is 0.308. The van der Waals surface area contributed by atoms with Crippen LogP contribution in [-0.2, 0) is 25.8 Å². The largest absolute Gasteiger partial charge is 0.508 e. The minimum atomic E-state index is 0.173. The normalized spacial score (nSPS) is 15.1. The van der Waals surface area contributed by atoms with Gasteiger partial charge in [-0.2, -0.15) is 0 Å². The third-order valence-electron chi connectivity index (χ3n) is 5.95. The van der Waals surface area contributed by atoms with E-state index in [4.69, 9.17) is 5.73 Å². The molecule has 0 bridgehead atoms. The lowest BCUT2D eigenvalue weighted by molar-refractivity contribution is 0.317. The molecule has 0 atom stereocenters. The molecule has 1 aliphatic carbocycles. The molecule has 4 rings (SSSR count). The van der Waals surface area contributed by atoms with Gasteiger partial charge in [-0.05, 0) is 58.9 Å². The van der Waals surface area contributed by atoms with Gasteiger partial charge in [0.05, 0.1) is 0 Å². The van der Waals surface area contributed by atoms with E-state index in [0.717, 1.165) is 40.8 Å². The summed E-state index contributed by atoms with van der Waals surface area (Å²) in [7, 11) is 0. The maximum atomic E-state index is 10.5. The first-order valence-electron chi connectivity index (χ1n) is 10.3. The number of thiophene rings is 1. The molecule has 2 nitrogen and oxygen atoms in total. The highest BCUT2D eigenvalue weighted by molar-refractivity contribution is 7.16. The lowest BCUT2D eigenvalue weighted by Gasteiger charge is -2.30. The van der Waals surface area contributed by atoms with Gasteiger partial charge in [0.25, 0.3) is 0 Å². The lowest BCUT2D eigenvalue weighted by atomic mass is 9.75. The van der Waals surface area contributed by atoms with Crippen molar-refractivity contribution >= 4 is 17.1 Å². The molecule has 2 aromatic carbocycles. The van der Waals surface area contributed by atoms with Crippen LogP contribution in [-0.4, -0.2) is 5.11 Å². The standard InChI is InChI=1S/C26H29NOS/c1-17(28)24-22-15-26(2,3)12-11-23(22)29-25(24)21-10-9-19(14-20(21)16-27)13-18-7-5-4-6-8-18/h4-10,14,28H,1,11-13,15-16,27H2,2-3H3. The van der Waals surface area contributed by atoms with Crippen molar-refractivity contribution in [1.29, 1.82) is 0 Å². The van der Waals surface area contributed by atoms with Crippen molar-refractivity contribution in [2.75, 3.05) is 0 Å². The molecule has 3 N–H and O–H groups in total. The minimum absolute atomic E-state index is 0.173. The van der Waals surface area contributed by atoms with E-state index in [1.54, 1.807) is 0 Å². The van der Waals surface area contributed by atoms with Gasteiger partial charge in [-0.25, -0.2) is 0 Å². The van der Waals surface area contributed by atoms with Crippen LogP contribution in [0, 0.1) is 5.41 Å². The fourth-order valence-corrected chi connectivity index (χ4v) is 5.79. The van der Waals surface area contributed by atoms with Gasteiger partial charge in [0.1, 0.15) is 5.76 Å². The molecular weight excluding hydrogens is 374 g/mol. The van der Waals surface area contributed by atoms with Gasteiger partial charge in [0.2, 0.25) is 0 Å². The second kappa shape index (κ2) is 7.81. The summed E-state index contributed by atoms with van der Waals surface area (Å²) < 4.78 is 0. The number of hydrogen-bond acceptors (Lipinski definition) is 3. The van der Waals surface area contributed by atoms with Crippen LogP contribution < -0.4 is 5.73 Å². The van der Waals surface area contributed by atoms with Crippen LogP contribution in [0.2, 0.25) is 0 Å². The van der Waals surface area contributed by atoms with E-state index in [-0.39, 0.29) is 11.2 Å². The van der Waals surface area contributed by atoms with E-state index in [2.05, 4.69) is 62.9 Å². The van der Waals surface area contributed by atoms with E-state index < -0.39 is 0 Å². The first kappa shape index (κ1) is 19.9. The van der Waals surface area contributed by atoms with E-state index in [1.165, 1.54) is 28.0 Å². The lowest BCUT2D eigenvalue weighted by Crippen LogP contribution is -2.21. The molecule has 0 radical (unpaired) electrons. The maximum absolute atomic E-state index is 10.5. The molecule has 0 fully saturated rings. The highest BCUT2D eigenvalue weighted by atomic mass is 32.1. The average molecular weight is 404 g/mol. The van der Waals surface area contributed by atoms with Gasteiger partial charge in [0, 0.05) is 21.9 Å². The van der Waals surface area contributed by atoms with E-state index in [0.29, 0.717) is 6.54 Å². The molecule has 0 saturated heterocycles. The zero-order valence-electron chi connectivity index (χ0n) is 17.3. The first-order chi connectivity index (χ1) is 13.9. The molecule has 0 amide bonds. The zero-order valence-corrected chi connectivity index (χ0v) is 18.1. The Morgan fingerprint density at radius 2 is 1.90 bits per heavy atom. The smallest absolute Gasteiger partial charge is 0.117 e. The van der Waals surface area contributed by atoms with Crippen molar-refractivity contribution in [3.8, 4) is 10.4 Å². The summed E-state index contributed by atoms with van der Waals surface area (Å²) in [5.41, 5.74) is 13.4. The summed E-state index contributed by atoms with van der Waals surface area (Å²) in [6.07, 6.45) is 4.12. The van der Waals surface area contributed by atoms with Gasteiger partial charge in [-0.3, -0.25) is 0 Å². The Hall–Kier alpha value is -2.36. The van der Waals surface area contributed by atoms with Crippen molar-refractivity contribution < 1.29 is 5.11 Å². The van der Waals surface area contributed by atoms with Crippen LogP contribution in [0.3, 0.4) is 0 Å². The number of hydrogen-bond donors (Lipinski definition) is 2. The Balaban J connectivity index is 1.77. The van der Waals surface area contributed by atoms with Crippen LogP contribution in [0.4, 0.5) is 0 Å². The van der Waals surface area contributed by atoms with E-state index in [9.17, 15) is 5.11 Å². The zero-order chi connectivity index (χ0) is 20.6. The van der Waals surface area contributed by atoms with Crippen LogP contribution in [0.15, 0.2) is 55.1 Å². The summed E-state index contributed by atoms with van der Waals surface area (Å²) in [4.78, 5) is 2.51. The molecule has 1 aromatic heterocycles. The van der Waals surface area contributed by atoms with E-state index in [1.807, 2.05) is 17.4 Å². The molecule has 0 aliphatic heterocycles. The Morgan fingerprint density at radius 1 is 1.14 bits per heavy atom. The van der Waals surface area contributed by atoms with Gasteiger partial charge < -0.3 is 10.8 Å². The van der Waals surface area contributed by atoms with Gasteiger partial charge in [-0.1, -0.05) is 69.0 Å². The number of aliphatic hydroxyl groups excluding tert-OH is 1. The van der Waals surface area contributed by atoms with Crippen molar-refractivity contribution in [2.24, 2.45) is 11.1 Å². The van der Waals surface area contributed by atoms with Gasteiger partial charge >= 0.3 is 0 Å². The van der Waals surface area contributed by atoms with Crippen molar-refractivity contribution in [3.05, 3.63) is 87.8 Å². The summed E-state index contributed by atoms with van der Waals surface area (Å²) in [6.45, 7) is 8.99. The molecule has 3 aromatic rings. The van der Waals surface area contributed by atoms with Gasteiger partial charge in [-0.15, -0.1) is 11.3 Å². The number of fused-ring (bicyclic) bond motifs is 1. The van der Waals surface area contributed by atoms with Crippen molar-refractivity contribution in [2.45, 2.75) is 46.1 Å². The summed E-state index contributed by atoms with van der Waals surface area (Å²) in [6, 6.07) is 17.1. The Kier molecular flexibility index (Phi) is 5.37. The Labute approximate surface area is 177 Å². The third-order valence-corrected chi connectivity index (χ3v) is 7.27. The summed E-state index contributed by atoms with van der Waals surface area (Å²) >= 11 is 1.81. The van der Waals surface area contributed by atoms with Crippen LogP contribution in [0.1, 0.15) is 53.0 Å². The Morgan fingerprint density at radius 3 is 2.59 bits per heavy atom. The quantitative estimate of drug-likeness (QED) is 0.477. The molecule has 0 spiro atoms. The number of nitrogens with two attached hydrogens (primary N) is 1. The Bertz CT molecular complexity index is 1050. The molecule has 1 heterocycles. The number of benzene rings is 2. The molecule has 29 heavy (non-hydrogen) atoms. The number of aliphatic hydroxyl groups is 1. The third kappa shape index (κ3) is 4.03. The highest BCUT2D eigenvalue weighted by Crippen LogP contribution is 2.47. The number of rotatable bonds is 5. The summed E-state index contributed by atoms with van der Waals surface area (Å²) in [5.74, 6) is 0.173. The molecule has 0 unspecified atom stereocenters. The molecule has 3 heteroatoms. The molecule has 0 saturated carbocycles. The second-order valence-electron chi connectivity index (χ2n) is 8.85. The van der Waals surface area contributed by atoms with Gasteiger partial charge in [0.15, 0.2) is 0 Å². The fourth-order valence-electron chi connectivity index (χ4n) is 4.39. The minimum Gasteiger partial charge on any atom is -0.508 e. The first-order valence-corrected chi connectivity index (χ1v) is 11.1. The van der Waals surface area contributed by atoms with Crippen LogP contribution in [0.25, 0.3) is 16.2 Å². The van der Waals surface area contributed by atoms with Crippen molar-refractivity contribution in [3.63, 3.8) is 0 Å². The van der Waals surface area contributed by atoms with E-state index >= 15 is 0 Å². The van der Waals surface area contributed by atoms with Crippen LogP contribution in [0.5, 0.6) is 0 Å². The highest BCUT2D eigenvalue weighted by Gasteiger charge is 2.31. The maximum Gasteiger partial charge on any atom is 0.117 e. The monoisotopic (exact) mass is 403 g/mol. The molecule has 1 aliphatic rings. The van der Waals surface area contributed by atoms with Crippen molar-refractivity contribution in [1.82, 2.24) is 0 Å². The molecular formula is C26H29NOS. The second-order valence-corrected chi connectivity index (χ2v) is 9.96. The topological polar surface area (TPSA) is 46.2 Å². The molecule has 150 valence electrons. The average Bonchev–Trinajstić information content (AvgIpc) is 3.06. The summed E-state index contributed by atoms with van der Waals surface area (Å²) in [5, 5.41) is 10.5. The number of aryl methyl sites for hydroxylation is 1. The predicted octanol–water partition coefficient (Wildman–Crippen LogP) is 6.51. The predicted molar refractivity (Wildman–Crippen MR) is 124 cm³/mol.